The third kappa shape index (κ3) is 2.86. The van der Waals surface area contributed by atoms with Gasteiger partial charge in [0.05, 0.1) is 10.8 Å². The van der Waals surface area contributed by atoms with E-state index in [1.54, 1.807) is 0 Å². The molecule has 1 aliphatic heterocycles. The van der Waals surface area contributed by atoms with Gasteiger partial charge in [-0.2, -0.15) is 0 Å². The standard InChI is InChI=1S/C10H13BrN2OS/c11-9-2-1-3-10(13-9)15(14)8-4-6-12-7-5-8/h1-3,8,12H,4-7H2/t15-/m1/s1. The summed E-state index contributed by atoms with van der Waals surface area (Å²) < 4.78 is 12.9. The third-order valence-electron chi connectivity index (χ3n) is 2.48. The highest BCUT2D eigenvalue weighted by atomic mass is 79.9. The van der Waals surface area contributed by atoms with Gasteiger partial charge in [-0.1, -0.05) is 6.07 Å². The smallest absolute Gasteiger partial charge is 0.128 e. The number of hydrogen-bond donors (Lipinski definition) is 1. The predicted molar refractivity (Wildman–Crippen MR) is 64.2 cm³/mol. The fourth-order valence-electron chi connectivity index (χ4n) is 1.68. The molecule has 5 heteroatoms. The van der Waals surface area contributed by atoms with Gasteiger partial charge in [0.15, 0.2) is 0 Å². The molecule has 0 spiro atoms. The highest BCUT2D eigenvalue weighted by molar-refractivity contribution is 9.10. The van der Waals surface area contributed by atoms with Gasteiger partial charge in [-0.15, -0.1) is 0 Å². The van der Waals surface area contributed by atoms with E-state index in [1.165, 1.54) is 0 Å². The van der Waals surface area contributed by atoms with E-state index < -0.39 is 10.8 Å². The minimum Gasteiger partial charge on any atom is -0.317 e. The monoisotopic (exact) mass is 288 g/mol. The molecule has 0 radical (unpaired) electrons. The van der Waals surface area contributed by atoms with Crippen molar-refractivity contribution in [3.63, 3.8) is 0 Å². The molecule has 2 heterocycles. The normalized spacial score (nSPS) is 20.1. The lowest BCUT2D eigenvalue weighted by Gasteiger charge is -2.21. The number of nitrogens with zero attached hydrogens (tertiary/aromatic N) is 1. The number of rotatable bonds is 2. The van der Waals surface area contributed by atoms with Crippen LogP contribution in [0.1, 0.15) is 12.8 Å². The number of aromatic nitrogens is 1. The van der Waals surface area contributed by atoms with E-state index in [1.807, 2.05) is 18.2 Å². The molecule has 15 heavy (non-hydrogen) atoms. The maximum absolute atomic E-state index is 12.2. The molecular weight excluding hydrogens is 276 g/mol. The number of piperidine rings is 1. The molecule has 1 saturated heterocycles. The van der Waals surface area contributed by atoms with E-state index in [4.69, 9.17) is 0 Å². The van der Waals surface area contributed by atoms with E-state index in [0.29, 0.717) is 5.03 Å². The Bertz CT molecular complexity index is 366. The summed E-state index contributed by atoms with van der Waals surface area (Å²) >= 11 is 3.30. The molecule has 0 saturated carbocycles. The fraction of sp³-hybridized carbons (Fsp3) is 0.500. The second kappa shape index (κ2) is 5.18. The Morgan fingerprint density at radius 3 is 2.80 bits per heavy atom. The first-order valence-electron chi connectivity index (χ1n) is 5.01. The van der Waals surface area contributed by atoms with Crippen molar-refractivity contribution in [3.8, 4) is 0 Å². The van der Waals surface area contributed by atoms with Crippen LogP contribution in [0.15, 0.2) is 27.8 Å². The molecule has 3 nitrogen and oxygen atoms in total. The average Bonchev–Trinajstić information content (AvgIpc) is 2.29. The van der Waals surface area contributed by atoms with Crippen molar-refractivity contribution in [1.29, 1.82) is 0 Å². The van der Waals surface area contributed by atoms with Crippen molar-refractivity contribution in [1.82, 2.24) is 10.3 Å². The molecule has 0 aromatic carbocycles. The largest absolute Gasteiger partial charge is 0.317 e. The number of hydrogen-bond acceptors (Lipinski definition) is 3. The molecule has 0 amide bonds. The molecule has 1 N–H and O–H groups in total. The average molecular weight is 289 g/mol. The Kier molecular flexibility index (Phi) is 3.88. The molecule has 0 bridgehead atoms. The SMILES string of the molecule is O=[S@@](c1cccc(Br)n1)C1CCNCC1. The van der Waals surface area contributed by atoms with Gasteiger partial charge in [-0.05, 0) is 54.0 Å². The quantitative estimate of drug-likeness (QED) is 0.843. The van der Waals surface area contributed by atoms with E-state index in [-0.39, 0.29) is 5.25 Å². The maximum Gasteiger partial charge on any atom is 0.128 e. The van der Waals surface area contributed by atoms with Gasteiger partial charge in [0, 0.05) is 5.25 Å². The summed E-state index contributed by atoms with van der Waals surface area (Å²) in [6.45, 7) is 1.93. The first kappa shape index (κ1) is 11.2. The summed E-state index contributed by atoms with van der Waals surface area (Å²) in [7, 11) is -0.961. The Labute approximate surface area is 100 Å². The lowest BCUT2D eigenvalue weighted by Crippen LogP contribution is -2.33. The lowest BCUT2D eigenvalue weighted by molar-refractivity contribution is 0.519. The number of halogens is 1. The zero-order valence-electron chi connectivity index (χ0n) is 8.28. The highest BCUT2D eigenvalue weighted by Crippen LogP contribution is 2.18. The Morgan fingerprint density at radius 2 is 2.13 bits per heavy atom. The second-order valence-electron chi connectivity index (χ2n) is 3.55. The molecule has 1 aromatic heterocycles. The van der Waals surface area contributed by atoms with Crippen LogP contribution in [0.4, 0.5) is 0 Å². The summed E-state index contributed by atoms with van der Waals surface area (Å²) in [4.78, 5) is 4.24. The van der Waals surface area contributed by atoms with Crippen molar-refractivity contribution in [2.45, 2.75) is 23.1 Å². The van der Waals surface area contributed by atoms with E-state index in [9.17, 15) is 4.21 Å². The molecule has 1 aliphatic rings. The van der Waals surface area contributed by atoms with Crippen molar-refractivity contribution in [2.24, 2.45) is 0 Å². The van der Waals surface area contributed by atoms with E-state index in [0.717, 1.165) is 30.5 Å². The molecule has 2 rings (SSSR count). The first-order valence-corrected chi connectivity index (χ1v) is 7.02. The van der Waals surface area contributed by atoms with Crippen LogP contribution in [0.3, 0.4) is 0 Å². The van der Waals surface area contributed by atoms with E-state index in [2.05, 4.69) is 26.2 Å². The number of nitrogens with one attached hydrogen (secondary N) is 1. The van der Waals surface area contributed by atoms with Crippen molar-refractivity contribution in [2.75, 3.05) is 13.1 Å². The summed E-state index contributed by atoms with van der Waals surface area (Å²) in [6.07, 6.45) is 1.95. The Hall–Kier alpha value is -0.260. The zero-order chi connectivity index (χ0) is 10.7. The third-order valence-corrected chi connectivity index (χ3v) is 4.64. The van der Waals surface area contributed by atoms with Crippen LogP contribution in [0, 0.1) is 0 Å². The predicted octanol–water partition coefficient (Wildman–Crippen LogP) is 1.70. The van der Waals surface area contributed by atoms with Crippen LogP contribution in [0.2, 0.25) is 0 Å². The Morgan fingerprint density at radius 1 is 1.40 bits per heavy atom. The minimum atomic E-state index is -0.961. The molecule has 0 aliphatic carbocycles. The van der Waals surface area contributed by atoms with Gasteiger partial charge in [0.2, 0.25) is 0 Å². The summed E-state index contributed by atoms with van der Waals surface area (Å²) in [5.74, 6) is 0. The fourth-order valence-corrected chi connectivity index (χ4v) is 3.55. The van der Waals surface area contributed by atoms with Crippen molar-refractivity contribution in [3.05, 3.63) is 22.8 Å². The molecule has 0 unspecified atom stereocenters. The molecular formula is C10H13BrN2OS. The molecule has 82 valence electrons. The molecule has 1 atom stereocenters. The van der Waals surface area contributed by atoms with E-state index >= 15 is 0 Å². The summed E-state index contributed by atoms with van der Waals surface area (Å²) in [5, 5.41) is 4.22. The summed E-state index contributed by atoms with van der Waals surface area (Å²) in [5.41, 5.74) is 0. The Balaban J connectivity index is 2.12. The van der Waals surface area contributed by atoms with Crippen LogP contribution in [-0.2, 0) is 10.8 Å². The van der Waals surface area contributed by atoms with Crippen LogP contribution in [-0.4, -0.2) is 27.5 Å². The lowest BCUT2D eigenvalue weighted by atomic mass is 10.2. The first-order chi connectivity index (χ1) is 7.27. The van der Waals surface area contributed by atoms with Gasteiger partial charge in [0.1, 0.15) is 9.63 Å². The second-order valence-corrected chi connectivity index (χ2v) is 6.04. The minimum absolute atomic E-state index is 0.257. The number of pyridine rings is 1. The molecule has 1 aromatic rings. The van der Waals surface area contributed by atoms with Crippen LogP contribution < -0.4 is 5.32 Å². The topological polar surface area (TPSA) is 42.0 Å². The van der Waals surface area contributed by atoms with Crippen molar-refractivity contribution >= 4 is 26.7 Å². The highest BCUT2D eigenvalue weighted by Gasteiger charge is 2.21. The van der Waals surface area contributed by atoms with Gasteiger partial charge >= 0.3 is 0 Å². The van der Waals surface area contributed by atoms with Gasteiger partial charge in [-0.3, -0.25) is 4.21 Å². The van der Waals surface area contributed by atoms with Crippen LogP contribution in [0.25, 0.3) is 0 Å². The van der Waals surface area contributed by atoms with Gasteiger partial charge in [-0.25, -0.2) is 4.98 Å². The summed E-state index contributed by atoms with van der Waals surface area (Å²) in [6, 6.07) is 5.57. The maximum atomic E-state index is 12.2. The van der Waals surface area contributed by atoms with Crippen LogP contribution >= 0.6 is 15.9 Å². The van der Waals surface area contributed by atoms with Crippen molar-refractivity contribution < 1.29 is 4.21 Å². The zero-order valence-corrected chi connectivity index (χ0v) is 10.7. The van der Waals surface area contributed by atoms with Gasteiger partial charge < -0.3 is 5.32 Å². The molecule has 1 fully saturated rings. The van der Waals surface area contributed by atoms with Gasteiger partial charge in [0.25, 0.3) is 0 Å². The van der Waals surface area contributed by atoms with Crippen LogP contribution in [0.5, 0.6) is 0 Å².